The Morgan fingerprint density at radius 3 is 2.76 bits per heavy atom. The van der Waals surface area contributed by atoms with Gasteiger partial charge in [-0.05, 0) is 24.3 Å². The second kappa shape index (κ2) is 4.52. The quantitative estimate of drug-likeness (QED) is 0.781. The number of nitrogen functional groups attached to an aromatic ring is 1. The number of nitrogens with two attached hydrogens (primary N) is 2. The molecule has 1 amide bonds. The van der Waals surface area contributed by atoms with E-state index in [1.54, 1.807) is 30.5 Å². The van der Waals surface area contributed by atoms with Gasteiger partial charge in [0, 0.05) is 18.0 Å². The second-order valence-electron chi connectivity index (χ2n) is 3.41. The Balaban J connectivity index is 2.37. The summed E-state index contributed by atoms with van der Waals surface area (Å²) in [5, 5.41) is 0. The molecule has 4 N–H and O–H groups in total. The first kappa shape index (κ1) is 10.9. The van der Waals surface area contributed by atoms with E-state index >= 15 is 0 Å². The summed E-state index contributed by atoms with van der Waals surface area (Å²) in [6.45, 7) is 0. The van der Waals surface area contributed by atoms with Crippen molar-refractivity contribution in [3.63, 3.8) is 0 Å². The molecule has 0 unspecified atom stereocenters. The van der Waals surface area contributed by atoms with Gasteiger partial charge in [-0.15, -0.1) is 0 Å². The molecule has 0 bridgehead atoms. The summed E-state index contributed by atoms with van der Waals surface area (Å²) >= 11 is 0. The van der Waals surface area contributed by atoms with Gasteiger partial charge in [0.15, 0.2) is 0 Å². The van der Waals surface area contributed by atoms with E-state index in [0.717, 1.165) is 0 Å². The fourth-order valence-electron chi connectivity index (χ4n) is 1.36. The lowest BCUT2D eigenvalue weighted by Gasteiger charge is -2.09. The van der Waals surface area contributed by atoms with E-state index in [1.807, 2.05) is 0 Å². The van der Waals surface area contributed by atoms with Crippen molar-refractivity contribution in [2.75, 3.05) is 5.73 Å². The highest BCUT2D eigenvalue weighted by Gasteiger charge is 2.10. The van der Waals surface area contributed by atoms with E-state index in [9.17, 15) is 4.79 Å². The largest absolute Gasteiger partial charge is 0.455 e. The van der Waals surface area contributed by atoms with Crippen LogP contribution in [0.1, 0.15) is 10.4 Å². The number of benzene rings is 1. The highest BCUT2D eigenvalue weighted by Crippen LogP contribution is 2.26. The molecule has 0 aliphatic rings. The number of primary amides is 1. The van der Waals surface area contributed by atoms with Crippen molar-refractivity contribution in [3.8, 4) is 11.5 Å². The van der Waals surface area contributed by atoms with Crippen LogP contribution in [0.25, 0.3) is 0 Å². The minimum atomic E-state index is -0.566. The lowest BCUT2D eigenvalue weighted by atomic mass is 10.1. The Bertz CT molecular complexity index is 541. The molecule has 0 saturated carbocycles. The highest BCUT2D eigenvalue weighted by molar-refractivity contribution is 5.96. The summed E-state index contributed by atoms with van der Waals surface area (Å²) in [6.07, 6.45) is 3.16. The number of anilines is 1. The van der Waals surface area contributed by atoms with Crippen molar-refractivity contribution >= 4 is 11.6 Å². The van der Waals surface area contributed by atoms with Gasteiger partial charge in [0.25, 0.3) is 5.91 Å². The number of hydrogen-bond acceptors (Lipinski definition) is 4. The number of amides is 1. The highest BCUT2D eigenvalue weighted by atomic mass is 16.5. The zero-order valence-electron chi connectivity index (χ0n) is 8.96. The van der Waals surface area contributed by atoms with Crippen molar-refractivity contribution in [3.05, 3.63) is 48.3 Å². The topological polar surface area (TPSA) is 91.2 Å². The average molecular weight is 229 g/mol. The Kier molecular flexibility index (Phi) is 2.91. The van der Waals surface area contributed by atoms with Crippen molar-refractivity contribution in [2.24, 2.45) is 5.73 Å². The second-order valence-corrected chi connectivity index (χ2v) is 3.41. The third kappa shape index (κ3) is 2.52. The molecule has 1 aromatic heterocycles. The van der Waals surface area contributed by atoms with E-state index in [0.29, 0.717) is 17.2 Å². The van der Waals surface area contributed by atoms with Gasteiger partial charge in [-0.2, -0.15) is 0 Å². The molecular weight excluding hydrogens is 218 g/mol. The van der Waals surface area contributed by atoms with Crippen LogP contribution < -0.4 is 16.2 Å². The fourth-order valence-corrected chi connectivity index (χ4v) is 1.36. The lowest BCUT2D eigenvalue weighted by Crippen LogP contribution is -2.12. The average Bonchev–Trinajstić information content (AvgIpc) is 2.30. The van der Waals surface area contributed by atoms with Gasteiger partial charge in [-0.3, -0.25) is 9.78 Å². The van der Waals surface area contributed by atoms with E-state index in [2.05, 4.69) is 4.98 Å². The summed E-state index contributed by atoms with van der Waals surface area (Å²) in [4.78, 5) is 15.1. The number of carbonyl (C=O) groups excluding carboxylic acids is 1. The van der Waals surface area contributed by atoms with E-state index < -0.39 is 5.91 Å². The maximum Gasteiger partial charge on any atom is 0.252 e. The number of hydrogen-bond donors (Lipinski definition) is 2. The fraction of sp³-hybridized carbons (Fsp3) is 0. The van der Waals surface area contributed by atoms with E-state index in [-0.39, 0.29) is 5.56 Å². The van der Waals surface area contributed by atoms with Crippen LogP contribution in [0.4, 0.5) is 5.69 Å². The molecule has 0 aliphatic carbocycles. The standard InChI is InChI=1S/C12H11N3O2/c13-8-3-4-10(12(14)16)11(6-8)17-9-2-1-5-15-7-9/h1-7H,13H2,(H2,14,16). The molecule has 5 heteroatoms. The third-order valence-electron chi connectivity index (χ3n) is 2.13. The van der Waals surface area contributed by atoms with Crippen LogP contribution in [-0.2, 0) is 0 Å². The summed E-state index contributed by atoms with van der Waals surface area (Å²) in [5.74, 6) is 0.273. The van der Waals surface area contributed by atoms with Crippen LogP contribution in [0.3, 0.4) is 0 Å². The number of nitrogens with zero attached hydrogens (tertiary/aromatic N) is 1. The van der Waals surface area contributed by atoms with Gasteiger partial charge < -0.3 is 16.2 Å². The molecule has 0 fully saturated rings. The molecule has 2 aromatic rings. The first-order chi connectivity index (χ1) is 8.16. The monoisotopic (exact) mass is 229 g/mol. The van der Waals surface area contributed by atoms with Crippen LogP contribution in [-0.4, -0.2) is 10.9 Å². The normalized spacial score (nSPS) is 9.88. The minimum Gasteiger partial charge on any atom is -0.455 e. The summed E-state index contributed by atoms with van der Waals surface area (Å²) in [6, 6.07) is 8.12. The maximum atomic E-state index is 11.2. The lowest BCUT2D eigenvalue weighted by molar-refractivity contribution is 0.0998. The molecular formula is C12H11N3O2. The van der Waals surface area contributed by atoms with Crippen molar-refractivity contribution < 1.29 is 9.53 Å². The molecule has 0 atom stereocenters. The van der Waals surface area contributed by atoms with Crippen molar-refractivity contribution in [2.45, 2.75) is 0 Å². The molecule has 5 nitrogen and oxygen atoms in total. The first-order valence-corrected chi connectivity index (χ1v) is 4.94. The van der Waals surface area contributed by atoms with Gasteiger partial charge in [0.05, 0.1) is 11.8 Å². The summed E-state index contributed by atoms with van der Waals surface area (Å²) in [5.41, 5.74) is 11.7. The van der Waals surface area contributed by atoms with Gasteiger partial charge in [-0.1, -0.05) is 0 Å². The van der Waals surface area contributed by atoms with Crippen LogP contribution in [0.2, 0.25) is 0 Å². The SMILES string of the molecule is NC(=O)c1ccc(N)cc1Oc1cccnc1. The van der Waals surface area contributed by atoms with E-state index in [1.165, 1.54) is 12.3 Å². The molecule has 17 heavy (non-hydrogen) atoms. The van der Waals surface area contributed by atoms with Crippen LogP contribution in [0.15, 0.2) is 42.7 Å². The minimum absolute atomic E-state index is 0.281. The van der Waals surface area contributed by atoms with Crippen molar-refractivity contribution in [1.29, 1.82) is 0 Å². The van der Waals surface area contributed by atoms with Gasteiger partial charge >= 0.3 is 0 Å². The number of ether oxygens (including phenoxy) is 1. The Labute approximate surface area is 98.0 Å². The molecule has 1 aromatic carbocycles. The number of aromatic nitrogens is 1. The predicted octanol–water partition coefficient (Wildman–Crippen LogP) is 1.55. The zero-order chi connectivity index (χ0) is 12.3. The predicted molar refractivity (Wildman–Crippen MR) is 63.7 cm³/mol. The first-order valence-electron chi connectivity index (χ1n) is 4.94. The summed E-state index contributed by atoms with van der Waals surface area (Å²) < 4.78 is 5.51. The van der Waals surface area contributed by atoms with Crippen LogP contribution >= 0.6 is 0 Å². The van der Waals surface area contributed by atoms with Crippen molar-refractivity contribution in [1.82, 2.24) is 4.98 Å². The van der Waals surface area contributed by atoms with Crippen LogP contribution in [0, 0.1) is 0 Å². The molecule has 2 rings (SSSR count). The Morgan fingerprint density at radius 1 is 1.29 bits per heavy atom. The third-order valence-corrected chi connectivity index (χ3v) is 2.13. The van der Waals surface area contributed by atoms with Gasteiger partial charge in [0.2, 0.25) is 0 Å². The zero-order valence-corrected chi connectivity index (χ0v) is 8.96. The Hall–Kier alpha value is -2.56. The Morgan fingerprint density at radius 2 is 2.12 bits per heavy atom. The maximum absolute atomic E-state index is 11.2. The molecule has 0 saturated heterocycles. The summed E-state index contributed by atoms with van der Waals surface area (Å²) in [7, 11) is 0. The number of rotatable bonds is 3. The molecule has 86 valence electrons. The smallest absolute Gasteiger partial charge is 0.252 e. The molecule has 0 aliphatic heterocycles. The number of pyridine rings is 1. The van der Waals surface area contributed by atoms with Gasteiger partial charge in [-0.25, -0.2) is 0 Å². The van der Waals surface area contributed by atoms with E-state index in [4.69, 9.17) is 16.2 Å². The van der Waals surface area contributed by atoms with Gasteiger partial charge in [0.1, 0.15) is 11.5 Å². The molecule has 1 heterocycles. The number of carbonyl (C=O) groups is 1. The molecule has 0 spiro atoms. The molecule has 0 radical (unpaired) electrons. The van der Waals surface area contributed by atoms with Crippen LogP contribution in [0.5, 0.6) is 11.5 Å².